The van der Waals surface area contributed by atoms with Crippen LogP contribution in [0.4, 0.5) is 0 Å². The molecule has 0 spiro atoms. The fourth-order valence-corrected chi connectivity index (χ4v) is 2.37. The van der Waals surface area contributed by atoms with E-state index in [-0.39, 0.29) is 0 Å². The van der Waals surface area contributed by atoms with Gasteiger partial charge in [-0.1, -0.05) is 20.8 Å². The van der Waals surface area contributed by atoms with Crippen molar-refractivity contribution in [1.29, 1.82) is 0 Å². The van der Waals surface area contributed by atoms with E-state index in [0.29, 0.717) is 17.4 Å². The summed E-state index contributed by atoms with van der Waals surface area (Å²) in [4.78, 5) is 2.61. The number of rotatable bonds is 3. The summed E-state index contributed by atoms with van der Waals surface area (Å²) in [5.74, 6) is 0.615. The Hall–Kier alpha value is -0.0800. The number of nitrogens with two attached hydrogens (primary N) is 1. The summed E-state index contributed by atoms with van der Waals surface area (Å²) < 4.78 is 0. The van der Waals surface area contributed by atoms with Gasteiger partial charge in [-0.15, -0.1) is 0 Å². The molecule has 1 heterocycles. The molecule has 2 N–H and O–H groups in total. The molecule has 1 fully saturated rings. The molecule has 0 aromatic rings. The molecule has 2 unspecified atom stereocenters. The summed E-state index contributed by atoms with van der Waals surface area (Å²) >= 11 is 0. The van der Waals surface area contributed by atoms with E-state index in [4.69, 9.17) is 5.73 Å². The van der Waals surface area contributed by atoms with Crippen molar-refractivity contribution in [1.82, 2.24) is 4.90 Å². The second kappa shape index (κ2) is 4.63. The van der Waals surface area contributed by atoms with Crippen molar-refractivity contribution in [2.45, 2.75) is 46.6 Å². The molecule has 0 aliphatic carbocycles. The van der Waals surface area contributed by atoms with Gasteiger partial charge in [-0.05, 0) is 44.2 Å². The van der Waals surface area contributed by atoms with Gasteiger partial charge in [-0.25, -0.2) is 0 Å². The summed E-state index contributed by atoms with van der Waals surface area (Å²) in [7, 11) is 0. The maximum Gasteiger partial charge on any atom is 0.0105 e. The van der Waals surface area contributed by atoms with Crippen LogP contribution in [0, 0.1) is 11.3 Å². The second-order valence-electron chi connectivity index (χ2n) is 5.69. The number of hydrogen-bond donors (Lipinski definition) is 1. The Labute approximate surface area is 88.8 Å². The van der Waals surface area contributed by atoms with Crippen LogP contribution in [0.5, 0.6) is 0 Å². The highest BCUT2D eigenvalue weighted by Crippen LogP contribution is 2.30. The summed E-state index contributed by atoms with van der Waals surface area (Å²) in [6, 6.07) is 0.638. The first-order chi connectivity index (χ1) is 6.46. The van der Waals surface area contributed by atoms with Crippen LogP contribution in [-0.4, -0.2) is 30.6 Å². The molecule has 2 nitrogen and oxygen atoms in total. The maximum absolute atomic E-state index is 5.72. The number of piperidine rings is 1. The van der Waals surface area contributed by atoms with Crippen molar-refractivity contribution >= 4 is 0 Å². The largest absolute Gasteiger partial charge is 0.330 e. The van der Waals surface area contributed by atoms with E-state index < -0.39 is 0 Å². The van der Waals surface area contributed by atoms with Crippen molar-refractivity contribution < 1.29 is 0 Å². The molecule has 0 amide bonds. The third kappa shape index (κ3) is 2.96. The number of nitrogens with zero attached hydrogens (tertiary/aromatic N) is 1. The van der Waals surface area contributed by atoms with E-state index >= 15 is 0 Å². The molecule has 2 atom stereocenters. The molecule has 1 aliphatic heterocycles. The Bertz CT molecular complexity index is 177. The summed E-state index contributed by atoms with van der Waals surface area (Å²) in [5, 5.41) is 0. The van der Waals surface area contributed by atoms with Gasteiger partial charge in [0, 0.05) is 12.6 Å². The van der Waals surface area contributed by atoms with Gasteiger partial charge in [0.1, 0.15) is 0 Å². The molecule has 0 radical (unpaired) electrons. The predicted octanol–water partition coefficient (Wildman–Crippen LogP) is 2.09. The van der Waals surface area contributed by atoms with E-state index in [2.05, 4.69) is 32.6 Å². The molecule has 1 aliphatic rings. The smallest absolute Gasteiger partial charge is 0.0105 e. The first-order valence-corrected chi connectivity index (χ1v) is 5.90. The van der Waals surface area contributed by atoms with Gasteiger partial charge in [0.05, 0.1) is 0 Å². The third-order valence-corrected chi connectivity index (χ3v) is 3.70. The molecule has 0 saturated carbocycles. The van der Waals surface area contributed by atoms with Crippen LogP contribution in [0.3, 0.4) is 0 Å². The van der Waals surface area contributed by atoms with Crippen LogP contribution >= 0.6 is 0 Å². The maximum atomic E-state index is 5.72. The predicted molar refractivity (Wildman–Crippen MR) is 62.3 cm³/mol. The Balaban J connectivity index is 2.51. The standard InChI is InChI=1S/C12H26N2/c1-10(8-13)11(2)14-7-5-6-12(3,4)9-14/h10-11H,5-9,13H2,1-4H3. The zero-order valence-electron chi connectivity index (χ0n) is 10.2. The van der Waals surface area contributed by atoms with E-state index in [1.807, 2.05) is 0 Å². The molecule has 1 saturated heterocycles. The van der Waals surface area contributed by atoms with Gasteiger partial charge < -0.3 is 5.73 Å². The van der Waals surface area contributed by atoms with Crippen LogP contribution in [0.2, 0.25) is 0 Å². The first-order valence-electron chi connectivity index (χ1n) is 5.90. The van der Waals surface area contributed by atoms with Gasteiger partial charge in [0.2, 0.25) is 0 Å². The SMILES string of the molecule is CC(CN)C(C)N1CCCC(C)(C)C1. The van der Waals surface area contributed by atoms with Crippen molar-refractivity contribution in [3.05, 3.63) is 0 Å². The lowest BCUT2D eigenvalue weighted by Gasteiger charge is -2.42. The van der Waals surface area contributed by atoms with Crippen molar-refractivity contribution in [2.75, 3.05) is 19.6 Å². The second-order valence-corrected chi connectivity index (χ2v) is 5.69. The molecular weight excluding hydrogens is 172 g/mol. The molecule has 0 aromatic carbocycles. The molecular formula is C12H26N2. The Morgan fingerprint density at radius 1 is 1.36 bits per heavy atom. The van der Waals surface area contributed by atoms with Gasteiger partial charge in [0.25, 0.3) is 0 Å². The molecule has 0 bridgehead atoms. The topological polar surface area (TPSA) is 29.3 Å². The highest BCUT2D eigenvalue weighted by molar-refractivity contribution is 4.84. The Kier molecular flexibility index (Phi) is 3.96. The van der Waals surface area contributed by atoms with Crippen molar-refractivity contribution in [3.8, 4) is 0 Å². The molecule has 0 aromatic heterocycles. The number of hydrogen-bond acceptors (Lipinski definition) is 2. The van der Waals surface area contributed by atoms with Crippen LogP contribution in [-0.2, 0) is 0 Å². The van der Waals surface area contributed by atoms with E-state index in [0.717, 1.165) is 6.54 Å². The van der Waals surface area contributed by atoms with Crippen LogP contribution in [0.25, 0.3) is 0 Å². The zero-order chi connectivity index (χ0) is 10.8. The minimum atomic E-state index is 0.501. The monoisotopic (exact) mass is 198 g/mol. The molecule has 84 valence electrons. The lowest BCUT2D eigenvalue weighted by molar-refractivity contribution is 0.0646. The van der Waals surface area contributed by atoms with Gasteiger partial charge in [0.15, 0.2) is 0 Å². The van der Waals surface area contributed by atoms with Crippen molar-refractivity contribution in [3.63, 3.8) is 0 Å². The average molecular weight is 198 g/mol. The minimum absolute atomic E-state index is 0.501. The molecule has 1 rings (SSSR count). The van der Waals surface area contributed by atoms with E-state index in [1.54, 1.807) is 0 Å². The quantitative estimate of drug-likeness (QED) is 0.752. The summed E-state index contributed by atoms with van der Waals surface area (Å²) in [6.07, 6.45) is 2.71. The van der Waals surface area contributed by atoms with Crippen LogP contribution in [0.1, 0.15) is 40.5 Å². The summed E-state index contributed by atoms with van der Waals surface area (Å²) in [6.45, 7) is 12.6. The van der Waals surface area contributed by atoms with Crippen LogP contribution < -0.4 is 5.73 Å². The number of likely N-dealkylation sites (tertiary alicyclic amines) is 1. The Morgan fingerprint density at radius 3 is 2.50 bits per heavy atom. The lowest BCUT2D eigenvalue weighted by Crippen LogP contribution is -2.48. The minimum Gasteiger partial charge on any atom is -0.330 e. The summed E-state index contributed by atoms with van der Waals surface area (Å²) in [5.41, 5.74) is 6.22. The first kappa shape index (κ1) is 12.0. The fraction of sp³-hybridized carbons (Fsp3) is 1.00. The average Bonchev–Trinajstić information content (AvgIpc) is 2.14. The normalized spacial score (nSPS) is 27.2. The molecule has 2 heteroatoms. The van der Waals surface area contributed by atoms with E-state index in [9.17, 15) is 0 Å². The van der Waals surface area contributed by atoms with Gasteiger partial charge in [-0.2, -0.15) is 0 Å². The molecule has 14 heavy (non-hydrogen) atoms. The van der Waals surface area contributed by atoms with Crippen LogP contribution in [0.15, 0.2) is 0 Å². The fourth-order valence-electron chi connectivity index (χ4n) is 2.37. The van der Waals surface area contributed by atoms with E-state index in [1.165, 1.54) is 25.9 Å². The highest BCUT2D eigenvalue weighted by atomic mass is 15.2. The van der Waals surface area contributed by atoms with Gasteiger partial charge >= 0.3 is 0 Å². The highest BCUT2D eigenvalue weighted by Gasteiger charge is 2.30. The van der Waals surface area contributed by atoms with Gasteiger partial charge in [-0.3, -0.25) is 4.90 Å². The van der Waals surface area contributed by atoms with Crippen molar-refractivity contribution in [2.24, 2.45) is 17.1 Å². The Morgan fingerprint density at radius 2 is 2.00 bits per heavy atom. The lowest BCUT2D eigenvalue weighted by atomic mass is 9.83. The third-order valence-electron chi connectivity index (χ3n) is 3.70. The zero-order valence-corrected chi connectivity index (χ0v) is 10.2.